The Morgan fingerprint density at radius 2 is 0.456 bits per heavy atom. The Morgan fingerprint density at radius 3 is 0.709 bits per heavy atom. The molecule has 0 aliphatic carbocycles. The standard InChI is InChI=1S/C73H116O6/c1-4-7-10-13-16-19-22-25-28-31-33-35-36-38-39-42-45-48-51-54-57-60-63-66-72(75)78-69-70(68-77-71(74)65-62-59-56-53-50-47-44-41-30-27-24-21-18-15-12-9-6-3)79-73(76)67-64-61-58-55-52-49-46-43-40-37-34-32-29-26-23-20-17-14-11-8-5-2/h7-12,16-21,25-30,33-35,37-39,44,47,70H,4-6,13-15,22-24,31-32,36,40-43,45-46,48-69H2,1-3H3/b10-7-,11-8-,12-9-,19-16-,20-17-,21-18-,28-25-,29-26-,30-27-,35-33-,37-34-,39-38-,47-44-. The number of esters is 3. The van der Waals surface area contributed by atoms with Gasteiger partial charge in [-0.15, -0.1) is 0 Å². The quantitative estimate of drug-likeness (QED) is 0.0261. The number of hydrogen-bond donors (Lipinski definition) is 0. The molecule has 0 aromatic rings. The van der Waals surface area contributed by atoms with Crippen molar-refractivity contribution in [2.45, 2.75) is 271 Å². The van der Waals surface area contributed by atoms with Crippen molar-refractivity contribution in [1.82, 2.24) is 0 Å². The van der Waals surface area contributed by atoms with Crippen LogP contribution in [0.4, 0.5) is 0 Å². The van der Waals surface area contributed by atoms with Crippen molar-refractivity contribution >= 4 is 17.9 Å². The van der Waals surface area contributed by atoms with Crippen molar-refractivity contribution in [1.29, 1.82) is 0 Å². The fraction of sp³-hybridized carbons (Fsp3) is 0.603. The molecule has 0 bridgehead atoms. The van der Waals surface area contributed by atoms with E-state index in [1.54, 1.807) is 0 Å². The lowest BCUT2D eigenvalue weighted by Crippen LogP contribution is -2.30. The summed E-state index contributed by atoms with van der Waals surface area (Å²) in [6.07, 6.45) is 95.2. The Hall–Kier alpha value is -4.97. The van der Waals surface area contributed by atoms with Crippen LogP contribution in [0.15, 0.2) is 158 Å². The van der Waals surface area contributed by atoms with Gasteiger partial charge in [0.2, 0.25) is 0 Å². The first-order chi connectivity index (χ1) is 39.0. The van der Waals surface area contributed by atoms with Gasteiger partial charge in [0.15, 0.2) is 6.10 Å². The highest BCUT2D eigenvalue weighted by molar-refractivity contribution is 5.71. The SMILES string of the molecule is CC/C=C\C/C=C\C/C=C\C/C=C\C/C=C\CCCCCCCCCC(=O)OCC(COC(=O)CCCCCC/C=C\C/C=C\C/C=C\C/C=C\CC)OC(=O)CCCCCCCCCC/C=C\C/C=C\C/C=C\C/C=C\CC. The summed E-state index contributed by atoms with van der Waals surface area (Å²) in [7, 11) is 0. The second-order valence-electron chi connectivity index (χ2n) is 20.5. The highest BCUT2D eigenvalue weighted by Crippen LogP contribution is 2.15. The van der Waals surface area contributed by atoms with E-state index in [1.807, 2.05) is 0 Å². The highest BCUT2D eigenvalue weighted by Gasteiger charge is 2.19. The van der Waals surface area contributed by atoms with Crippen molar-refractivity contribution in [2.24, 2.45) is 0 Å². The van der Waals surface area contributed by atoms with Crippen LogP contribution in [-0.2, 0) is 28.6 Å². The van der Waals surface area contributed by atoms with E-state index < -0.39 is 6.10 Å². The van der Waals surface area contributed by atoms with Crippen LogP contribution in [0, 0.1) is 0 Å². The van der Waals surface area contributed by atoms with Crippen molar-refractivity contribution in [3.63, 3.8) is 0 Å². The highest BCUT2D eigenvalue weighted by atomic mass is 16.6. The number of carbonyl (C=O) groups is 3. The minimum atomic E-state index is -0.808. The molecule has 0 saturated heterocycles. The third-order valence-corrected chi connectivity index (χ3v) is 13.0. The van der Waals surface area contributed by atoms with Gasteiger partial charge in [0.25, 0.3) is 0 Å². The van der Waals surface area contributed by atoms with E-state index in [0.717, 1.165) is 167 Å². The Morgan fingerprint density at radius 1 is 0.253 bits per heavy atom. The van der Waals surface area contributed by atoms with Crippen LogP contribution in [0.3, 0.4) is 0 Å². The Bertz CT molecular complexity index is 1780. The Labute approximate surface area is 486 Å². The summed E-state index contributed by atoms with van der Waals surface area (Å²) in [6.45, 7) is 6.27. The molecular weight excluding hydrogens is 973 g/mol. The number of ether oxygens (including phenoxy) is 3. The molecular formula is C73H116O6. The summed E-state index contributed by atoms with van der Waals surface area (Å²) >= 11 is 0. The number of unbranched alkanes of at least 4 members (excludes halogenated alkanes) is 19. The predicted molar refractivity (Wildman–Crippen MR) is 343 cm³/mol. The summed E-state index contributed by atoms with van der Waals surface area (Å²) in [6, 6.07) is 0. The summed E-state index contributed by atoms with van der Waals surface area (Å²) in [4.78, 5) is 38.4. The average Bonchev–Trinajstić information content (AvgIpc) is 3.45. The maximum Gasteiger partial charge on any atom is 0.306 e. The Balaban J connectivity index is 4.48. The number of allylic oxidation sites excluding steroid dienone is 26. The van der Waals surface area contributed by atoms with E-state index in [0.29, 0.717) is 19.3 Å². The molecule has 0 aliphatic rings. The van der Waals surface area contributed by atoms with Crippen molar-refractivity contribution in [3.8, 4) is 0 Å². The molecule has 0 radical (unpaired) electrons. The van der Waals surface area contributed by atoms with Gasteiger partial charge in [0, 0.05) is 19.3 Å². The molecule has 6 heteroatoms. The zero-order chi connectivity index (χ0) is 57.1. The molecule has 1 atom stereocenters. The van der Waals surface area contributed by atoms with Gasteiger partial charge in [-0.2, -0.15) is 0 Å². The van der Waals surface area contributed by atoms with Crippen LogP contribution in [-0.4, -0.2) is 37.2 Å². The lowest BCUT2D eigenvalue weighted by Gasteiger charge is -2.18. The smallest absolute Gasteiger partial charge is 0.306 e. The van der Waals surface area contributed by atoms with Crippen molar-refractivity contribution in [2.75, 3.05) is 13.2 Å². The molecule has 0 aromatic heterocycles. The van der Waals surface area contributed by atoms with Crippen LogP contribution in [0.1, 0.15) is 265 Å². The topological polar surface area (TPSA) is 78.9 Å². The molecule has 0 heterocycles. The largest absolute Gasteiger partial charge is 0.462 e. The second-order valence-corrected chi connectivity index (χ2v) is 20.5. The molecule has 6 nitrogen and oxygen atoms in total. The van der Waals surface area contributed by atoms with Crippen LogP contribution in [0.25, 0.3) is 0 Å². The summed E-state index contributed by atoms with van der Waals surface area (Å²) in [5, 5.41) is 0. The van der Waals surface area contributed by atoms with Gasteiger partial charge < -0.3 is 14.2 Å². The first-order valence-electron chi connectivity index (χ1n) is 32.0. The van der Waals surface area contributed by atoms with E-state index in [2.05, 4.69) is 179 Å². The number of rotatable bonds is 56. The summed E-state index contributed by atoms with van der Waals surface area (Å²) < 4.78 is 16.9. The van der Waals surface area contributed by atoms with Crippen LogP contribution in [0.2, 0.25) is 0 Å². The van der Waals surface area contributed by atoms with Crippen LogP contribution in [0.5, 0.6) is 0 Å². The summed E-state index contributed by atoms with van der Waals surface area (Å²) in [5.74, 6) is -0.946. The van der Waals surface area contributed by atoms with Crippen LogP contribution >= 0.6 is 0 Å². The maximum atomic E-state index is 12.9. The molecule has 0 spiro atoms. The molecule has 0 rings (SSSR count). The van der Waals surface area contributed by atoms with Gasteiger partial charge in [-0.25, -0.2) is 0 Å². The molecule has 0 saturated carbocycles. The molecule has 0 aliphatic heterocycles. The minimum absolute atomic E-state index is 0.102. The van der Waals surface area contributed by atoms with E-state index in [-0.39, 0.29) is 31.1 Å². The molecule has 0 fully saturated rings. The van der Waals surface area contributed by atoms with Gasteiger partial charge in [-0.05, 0) is 141 Å². The Kier molecular flexibility index (Phi) is 61.4. The molecule has 1 unspecified atom stereocenters. The minimum Gasteiger partial charge on any atom is -0.462 e. The monoisotopic (exact) mass is 1090 g/mol. The normalized spacial score (nSPS) is 13.2. The zero-order valence-electron chi connectivity index (χ0n) is 50.8. The van der Waals surface area contributed by atoms with E-state index in [1.165, 1.54) is 57.8 Å². The molecule has 79 heavy (non-hydrogen) atoms. The number of carbonyl (C=O) groups excluding carboxylic acids is 3. The first kappa shape index (κ1) is 74.0. The molecule has 444 valence electrons. The van der Waals surface area contributed by atoms with E-state index in [9.17, 15) is 14.4 Å². The fourth-order valence-electron chi connectivity index (χ4n) is 8.33. The molecule has 0 N–H and O–H groups in total. The third kappa shape index (κ3) is 63.7. The van der Waals surface area contributed by atoms with Crippen molar-refractivity contribution in [3.05, 3.63) is 158 Å². The third-order valence-electron chi connectivity index (χ3n) is 13.0. The molecule has 0 amide bonds. The average molecular weight is 1090 g/mol. The van der Waals surface area contributed by atoms with E-state index in [4.69, 9.17) is 14.2 Å². The first-order valence-corrected chi connectivity index (χ1v) is 32.0. The van der Waals surface area contributed by atoms with Crippen molar-refractivity contribution < 1.29 is 28.6 Å². The van der Waals surface area contributed by atoms with Gasteiger partial charge >= 0.3 is 17.9 Å². The second kappa shape index (κ2) is 65.5. The summed E-state index contributed by atoms with van der Waals surface area (Å²) in [5.41, 5.74) is 0. The van der Waals surface area contributed by atoms with Crippen LogP contribution < -0.4 is 0 Å². The maximum absolute atomic E-state index is 12.9. The van der Waals surface area contributed by atoms with Gasteiger partial charge in [-0.1, -0.05) is 262 Å². The number of hydrogen-bond acceptors (Lipinski definition) is 6. The van der Waals surface area contributed by atoms with Gasteiger partial charge in [0.1, 0.15) is 13.2 Å². The zero-order valence-corrected chi connectivity index (χ0v) is 50.8. The predicted octanol–water partition coefficient (Wildman–Crippen LogP) is 22.1. The fourth-order valence-corrected chi connectivity index (χ4v) is 8.33. The lowest BCUT2D eigenvalue weighted by atomic mass is 10.1. The lowest BCUT2D eigenvalue weighted by molar-refractivity contribution is -0.167. The van der Waals surface area contributed by atoms with E-state index >= 15 is 0 Å². The van der Waals surface area contributed by atoms with Gasteiger partial charge in [0.05, 0.1) is 0 Å². The van der Waals surface area contributed by atoms with Gasteiger partial charge in [-0.3, -0.25) is 14.4 Å². The molecule has 0 aromatic carbocycles.